The zero-order valence-corrected chi connectivity index (χ0v) is 8.11. The van der Waals surface area contributed by atoms with Crippen LogP contribution < -0.4 is 5.73 Å². The van der Waals surface area contributed by atoms with Crippen molar-refractivity contribution < 1.29 is 13.6 Å². The van der Waals surface area contributed by atoms with E-state index >= 15 is 0 Å². The second kappa shape index (κ2) is 4.73. The lowest BCUT2D eigenvalue weighted by molar-refractivity contribution is 0.230. The summed E-state index contributed by atoms with van der Waals surface area (Å²) in [6.07, 6.45) is 0. The predicted octanol–water partition coefficient (Wildman–Crippen LogP) is 0.704. The lowest BCUT2D eigenvalue weighted by Gasteiger charge is -2.14. The fourth-order valence-corrected chi connectivity index (χ4v) is 1.37. The first-order valence-corrected chi connectivity index (χ1v) is 4.89. The molecule has 1 rings (SSSR count). The van der Waals surface area contributed by atoms with Gasteiger partial charge in [-0.1, -0.05) is 30.3 Å². The van der Waals surface area contributed by atoms with Crippen LogP contribution in [0.2, 0.25) is 0 Å². The Morgan fingerprint density at radius 1 is 1.43 bits per heavy atom. The Morgan fingerprint density at radius 2 is 2.00 bits per heavy atom. The molecule has 76 valence electrons. The molecule has 0 aliphatic carbocycles. The van der Waals surface area contributed by atoms with Crippen LogP contribution in [-0.4, -0.2) is 19.1 Å². The van der Waals surface area contributed by atoms with Crippen LogP contribution in [0.4, 0.5) is 4.79 Å². The van der Waals surface area contributed by atoms with Gasteiger partial charge in [0.1, 0.15) is 0 Å². The van der Waals surface area contributed by atoms with E-state index in [1.165, 1.54) is 0 Å². The lowest BCUT2D eigenvalue weighted by atomic mass is 10.2. The Morgan fingerprint density at radius 3 is 2.43 bits per heavy atom. The van der Waals surface area contributed by atoms with E-state index < -0.39 is 17.3 Å². The summed E-state index contributed by atoms with van der Waals surface area (Å²) >= 11 is -2.38. The van der Waals surface area contributed by atoms with E-state index in [9.17, 15) is 9.00 Å². The normalized spacial score (nSPS) is 12.1. The van der Waals surface area contributed by atoms with Crippen molar-refractivity contribution in [3.8, 4) is 0 Å². The highest BCUT2D eigenvalue weighted by atomic mass is 32.2. The highest BCUT2D eigenvalue weighted by Gasteiger charge is 2.15. The van der Waals surface area contributed by atoms with Gasteiger partial charge in [-0.3, -0.25) is 4.55 Å². The molecule has 1 aromatic rings. The summed E-state index contributed by atoms with van der Waals surface area (Å²) in [5.74, 6) is 0. The van der Waals surface area contributed by atoms with Crippen molar-refractivity contribution in [1.82, 2.24) is 4.31 Å². The Balaban J connectivity index is 2.75. The van der Waals surface area contributed by atoms with Crippen LogP contribution in [0.3, 0.4) is 0 Å². The SMILES string of the molecule is NC(=O)N(Cc1ccccc1)S(=O)O. The zero-order chi connectivity index (χ0) is 10.6. The molecular formula is C8H10N2O3S. The van der Waals surface area contributed by atoms with Crippen LogP contribution in [0.15, 0.2) is 30.3 Å². The molecule has 0 aliphatic rings. The molecule has 0 radical (unpaired) electrons. The monoisotopic (exact) mass is 214 g/mol. The minimum atomic E-state index is -2.38. The van der Waals surface area contributed by atoms with E-state index in [2.05, 4.69) is 0 Å². The summed E-state index contributed by atoms with van der Waals surface area (Å²) in [5, 5.41) is 0. The van der Waals surface area contributed by atoms with Crippen LogP contribution >= 0.6 is 0 Å². The Hall–Kier alpha value is -1.40. The van der Waals surface area contributed by atoms with E-state index in [1.54, 1.807) is 24.3 Å². The number of urea groups is 1. The first kappa shape index (κ1) is 10.7. The van der Waals surface area contributed by atoms with E-state index in [-0.39, 0.29) is 6.54 Å². The van der Waals surface area contributed by atoms with Crippen molar-refractivity contribution in [1.29, 1.82) is 0 Å². The molecule has 0 aromatic heterocycles. The maximum atomic E-state index is 10.7. The van der Waals surface area contributed by atoms with Crippen molar-refractivity contribution in [2.24, 2.45) is 5.73 Å². The van der Waals surface area contributed by atoms with Crippen molar-refractivity contribution in [3.63, 3.8) is 0 Å². The van der Waals surface area contributed by atoms with Crippen LogP contribution in [0.25, 0.3) is 0 Å². The maximum Gasteiger partial charge on any atom is 0.328 e. The van der Waals surface area contributed by atoms with Gasteiger partial charge in [0, 0.05) is 0 Å². The van der Waals surface area contributed by atoms with Gasteiger partial charge < -0.3 is 5.73 Å². The molecule has 1 aromatic carbocycles. The summed E-state index contributed by atoms with van der Waals surface area (Å²) in [6.45, 7) is 0.0271. The number of primary amides is 1. The molecule has 2 amide bonds. The van der Waals surface area contributed by atoms with Crippen molar-refractivity contribution in [2.75, 3.05) is 0 Å². The van der Waals surface area contributed by atoms with Crippen LogP contribution in [0.1, 0.15) is 5.56 Å². The smallest absolute Gasteiger partial charge is 0.328 e. The van der Waals surface area contributed by atoms with Gasteiger partial charge in [-0.25, -0.2) is 13.3 Å². The molecule has 0 fully saturated rings. The quantitative estimate of drug-likeness (QED) is 0.726. The number of rotatable bonds is 3. The zero-order valence-electron chi connectivity index (χ0n) is 7.29. The summed E-state index contributed by atoms with van der Waals surface area (Å²) in [6, 6.07) is 7.91. The first-order valence-electron chi connectivity index (χ1n) is 3.83. The molecule has 14 heavy (non-hydrogen) atoms. The number of hydrogen-bond acceptors (Lipinski definition) is 2. The standard InChI is InChI=1S/C8H10N2O3S/c9-8(11)10(14(12)13)6-7-4-2-1-3-5-7/h1-5H,6H2,(H2,9,11)(H,12,13). The number of amides is 2. The molecule has 6 heteroatoms. The van der Waals surface area contributed by atoms with Gasteiger partial charge >= 0.3 is 6.03 Å². The molecule has 0 saturated carbocycles. The van der Waals surface area contributed by atoms with Crippen molar-refractivity contribution in [3.05, 3.63) is 35.9 Å². The molecule has 0 saturated heterocycles. The van der Waals surface area contributed by atoms with Crippen molar-refractivity contribution in [2.45, 2.75) is 6.54 Å². The van der Waals surface area contributed by atoms with E-state index in [1.807, 2.05) is 6.07 Å². The first-order chi connectivity index (χ1) is 6.61. The largest absolute Gasteiger partial charge is 0.351 e. The Labute approximate surface area is 83.9 Å². The van der Waals surface area contributed by atoms with Gasteiger partial charge in [0.05, 0.1) is 6.54 Å². The van der Waals surface area contributed by atoms with Gasteiger partial charge in [-0.15, -0.1) is 0 Å². The number of hydrogen-bond donors (Lipinski definition) is 2. The topological polar surface area (TPSA) is 83.6 Å². The highest BCUT2D eigenvalue weighted by molar-refractivity contribution is 7.77. The summed E-state index contributed by atoms with van der Waals surface area (Å²) in [4.78, 5) is 10.7. The summed E-state index contributed by atoms with van der Waals surface area (Å²) < 4.78 is 20.1. The second-order valence-corrected chi connectivity index (χ2v) is 3.49. The molecule has 5 nitrogen and oxygen atoms in total. The average Bonchev–Trinajstić information content (AvgIpc) is 2.15. The minimum absolute atomic E-state index is 0.0271. The third-order valence-corrected chi connectivity index (χ3v) is 2.29. The molecule has 1 atom stereocenters. The molecule has 0 heterocycles. The number of nitrogens with two attached hydrogens (primary N) is 1. The molecule has 0 spiro atoms. The summed E-state index contributed by atoms with van der Waals surface area (Å²) in [7, 11) is 0. The molecule has 0 bridgehead atoms. The Kier molecular flexibility index (Phi) is 3.61. The van der Waals surface area contributed by atoms with E-state index in [0.29, 0.717) is 4.31 Å². The predicted molar refractivity (Wildman–Crippen MR) is 52.3 cm³/mol. The van der Waals surface area contributed by atoms with Gasteiger partial charge in [-0.2, -0.15) is 0 Å². The maximum absolute atomic E-state index is 10.7. The van der Waals surface area contributed by atoms with Gasteiger partial charge in [0.25, 0.3) is 11.3 Å². The van der Waals surface area contributed by atoms with Gasteiger partial charge in [0.15, 0.2) is 0 Å². The second-order valence-electron chi connectivity index (χ2n) is 2.59. The number of benzene rings is 1. The fraction of sp³-hybridized carbons (Fsp3) is 0.125. The van der Waals surface area contributed by atoms with Crippen LogP contribution in [-0.2, 0) is 17.8 Å². The van der Waals surface area contributed by atoms with Gasteiger partial charge in [-0.05, 0) is 5.56 Å². The molecule has 0 aliphatic heterocycles. The Bertz CT molecular complexity index is 328. The average molecular weight is 214 g/mol. The number of carbonyl (C=O) groups is 1. The summed E-state index contributed by atoms with van der Waals surface area (Å²) in [5.41, 5.74) is 5.66. The third kappa shape index (κ3) is 2.82. The van der Waals surface area contributed by atoms with Crippen LogP contribution in [0, 0.1) is 0 Å². The molecule has 1 unspecified atom stereocenters. The minimum Gasteiger partial charge on any atom is -0.351 e. The highest BCUT2D eigenvalue weighted by Crippen LogP contribution is 2.05. The van der Waals surface area contributed by atoms with Crippen molar-refractivity contribution >= 4 is 17.3 Å². The number of nitrogens with zero attached hydrogens (tertiary/aromatic N) is 1. The molecular weight excluding hydrogens is 204 g/mol. The van der Waals surface area contributed by atoms with Crippen LogP contribution in [0.5, 0.6) is 0 Å². The third-order valence-electron chi connectivity index (χ3n) is 1.60. The van der Waals surface area contributed by atoms with E-state index in [4.69, 9.17) is 10.3 Å². The molecule has 3 N–H and O–H groups in total. The lowest BCUT2D eigenvalue weighted by Crippen LogP contribution is -2.36. The van der Waals surface area contributed by atoms with Gasteiger partial charge in [0.2, 0.25) is 0 Å². The number of carbonyl (C=O) groups excluding carboxylic acids is 1. The fourth-order valence-electron chi connectivity index (χ4n) is 0.959. The van der Waals surface area contributed by atoms with E-state index in [0.717, 1.165) is 5.56 Å².